The maximum absolute atomic E-state index is 13.0. The molecule has 0 unspecified atom stereocenters. The van der Waals surface area contributed by atoms with E-state index >= 15 is 0 Å². The largest absolute Gasteiger partial charge is 0.463 e. The third-order valence-electron chi connectivity index (χ3n) is 4.74. The number of carbonyl (C=O) groups excluding carboxylic acids is 1. The van der Waals surface area contributed by atoms with Crippen LogP contribution in [0.2, 0.25) is 10.0 Å². The normalized spacial score (nSPS) is 16.0. The van der Waals surface area contributed by atoms with Crippen LogP contribution < -0.4 is 10.6 Å². The predicted molar refractivity (Wildman–Crippen MR) is 126 cm³/mol. The van der Waals surface area contributed by atoms with Crippen molar-refractivity contribution >= 4 is 52.2 Å². The van der Waals surface area contributed by atoms with Crippen LogP contribution in [0.1, 0.15) is 24.3 Å². The molecule has 5 nitrogen and oxygen atoms in total. The summed E-state index contributed by atoms with van der Waals surface area (Å²) in [5.74, 6) is 0.588. The molecule has 0 saturated carbocycles. The number of halogens is 2. The molecule has 0 radical (unpaired) electrons. The SMILES string of the molecule is CCOC(=O)C1=C(c2ccccc2)NC(=S)N[C@@H]1c1ccc(-c2ccc(Cl)cc2Cl)o1. The number of benzene rings is 2. The average molecular weight is 473 g/mol. The van der Waals surface area contributed by atoms with Gasteiger partial charge >= 0.3 is 5.97 Å². The molecule has 0 spiro atoms. The van der Waals surface area contributed by atoms with Crippen molar-refractivity contribution in [2.24, 2.45) is 0 Å². The van der Waals surface area contributed by atoms with Crippen molar-refractivity contribution in [2.45, 2.75) is 13.0 Å². The molecular formula is C23H18Cl2N2O3S. The van der Waals surface area contributed by atoms with Crippen molar-refractivity contribution in [1.82, 2.24) is 10.6 Å². The summed E-state index contributed by atoms with van der Waals surface area (Å²) in [5, 5.41) is 7.60. The molecule has 0 fully saturated rings. The van der Waals surface area contributed by atoms with Gasteiger partial charge in [0.1, 0.15) is 17.6 Å². The summed E-state index contributed by atoms with van der Waals surface area (Å²) in [6.45, 7) is 2.00. The van der Waals surface area contributed by atoms with Crippen LogP contribution in [-0.4, -0.2) is 17.7 Å². The Morgan fingerprint density at radius 1 is 1.13 bits per heavy atom. The lowest BCUT2D eigenvalue weighted by atomic mass is 9.96. The highest BCUT2D eigenvalue weighted by Gasteiger charge is 2.35. The lowest BCUT2D eigenvalue weighted by Gasteiger charge is -2.29. The average Bonchev–Trinajstić information content (AvgIpc) is 3.23. The summed E-state index contributed by atoms with van der Waals surface area (Å²) in [4.78, 5) is 13.0. The lowest BCUT2D eigenvalue weighted by molar-refractivity contribution is -0.138. The summed E-state index contributed by atoms with van der Waals surface area (Å²) in [6.07, 6.45) is 0. The standard InChI is InChI=1S/C23H18Cl2N2O3S/c1-2-29-22(28)19-20(13-6-4-3-5-7-13)26-23(31)27-21(19)18-11-10-17(30-18)15-9-8-14(24)12-16(15)25/h3-12,21H,2H2,1H3,(H2,26,27,31)/t21-/m1/s1. The fraction of sp³-hybridized carbons (Fsp3) is 0.130. The minimum atomic E-state index is -0.636. The van der Waals surface area contributed by atoms with E-state index in [-0.39, 0.29) is 6.61 Å². The number of ether oxygens (including phenoxy) is 1. The molecule has 1 atom stereocenters. The quantitative estimate of drug-likeness (QED) is 0.364. The van der Waals surface area contributed by atoms with Crippen LogP contribution in [0.4, 0.5) is 0 Å². The minimum Gasteiger partial charge on any atom is -0.463 e. The molecule has 0 amide bonds. The number of rotatable bonds is 5. The van der Waals surface area contributed by atoms with Crippen LogP contribution in [0.15, 0.2) is 70.7 Å². The zero-order valence-corrected chi connectivity index (χ0v) is 18.8. The van der Waals surface area contributed by atoms with Crippen molar-refractivity contribution in [1.29, 1.82) is 0 Å². The first-order valence-electron chi connectivity index (χ1n) is 9.57. The fourth-order valence-corrected chi connectivity index (χ4v) is 4.10. The molecule has 8 heteroatoms. The third kappa shape index (κ3) is 4.46. The zero-order valence-electron chi connectivity index (χ0n) is 16.4. The second-order valence-corrected chi connectivity index (χ2v) is 7.98. The van der Waals surface area contributed by atoms with Crippen molar-refractivity contribution in [3.05, 3.63) is 87.6 Å². The maximum atomic E-state index is 13.0. The first-order valence-corrected chi connectivity index (χ1v) is 10.7. The molecule has 158 valence electrons. The Labute approximate surface area is 195 Å². The van der Waals surface area contributed by atoms with Gasteiger partial charge in [0.15, 0.2) is 5.11 Å². The van der Waals surface area contributed by atoms with Gasteiger partial charge in [-0.15, -0.1) is 0 Å². The summed E-state index contributed by atoms with van der Waals surface area (Å²) < 4.78 is 11.4. The Hall–Kier alpha value is -2.80. The van der Waals surface area contributed by atoms with Gasteiger partial charge in [0, 0.05) is 10.6 Å². The first-order chi connectivity index (χ1) is 15.0. The van der Waals surface area contributed by atoms with Crippen LogP contribution in [-0.2, 0) is 9.53 Å². The van der Waals surface area contributed by atoms with E-state index in [1.165, 1.54) is 0 Å². The molecule has 0 bridgehead atoms. The minimum absolute atomic E-state index is 0.241. The van der Waals surface area contributed by atoms with Gasteiger partial charge in [-0.2, -0.15) is 0 Å². The zero-order chi connectivity index (χ0) is 22.0. The van der Waals surface area contributed by atoms with Gasteiger partial charge < -0.3 is 19.8 Å². The highest BCUT2D eigenvalue weighted by molar-refractivity contribution is 7.80. The molecule has 31 heavy (non-hydrogen) atoms. The lowest BCUT2D eigenvalue weighted by Crippen LogP contribution is -2.45. The molecule has 4 rings (SSSR count). The van der Waals surface area contributed by atoms with Crippen LogP contribution in [0.25, 0.3) is 17.0 Å². The summed E-state index contributed by atoms with van der Waals surface area (Å²) >= 11 is 17.7. The number of hydrogen-bond acceptors (Lipinski definition) is 4. The second kappa shape index (κ2) is 9.14. The first kappa shape index (κ1) is 21.4. The second-order valence-electron chi connectivity index (χ2n) is 6.73. The van der Waals surface area contributed by atoms with Gasteiger partial charge in [0.25, 0.3) is 0 Å². The van der Waals surface area contributed by atoms with E-state index in [1.54, 1.807) is 37.3 Å². The van der Waals surface area contributed by atoms with Gasteiger partial charge in [-0.25, -0.2) is 4.79 Å². The van der Waals surface area contributed by atoms with Gasteiger partial charge in [-0.1, -0.05) is 53.5 Å². The monoisotopic (exact) mass is 472 g/mol. The summed E-state index contributed by atoms with van der Waals surface area (Å²) in [6, 6.07) is 17.6. The number of furan rings is 1. The molecule has 2 heterocycles. The van der Waals surface area contributed by atoms with Gasteiger partial charge in [-0.3, -0.25) is 0 Å². The molecule has 2 N–H and O–H groups in total. The fourth-order valence-electron chi connectivity index (χ4n) is 3.38. The Balaban J connectivity index is 1.81. The van der Waals surface area contributed by atoms with Crippen molar-refractivity contribution in [3.63, 3.8) is 0 Å². The van der Waals surface area contributed by atoms with E-state index < -0.39 is 12.0 Å². The molecule has 1 aliphatic rings. The number of hydrogen-bond donors (Lipinski definition) is 2. The smallest absolute Gasteiger partial charge is 0.338 e. The van der Waals surface area contributed by atoms with Gasteiger partial charge in [0.05, 0.1) is 22.9 Å². The number of thiocarbonyl (C=S) groups is 1. The molecule has 1 aromatic heterocycles. The topological polar surface area (TPSA) is 63.5 Å². The van der Waals surface area contributed by atoms with E-state index in [1.807, 2.05) is 30.3 Å². The van der Waals surface area contributed by atoms with Gasteiger partial charge in [-0.05, 0) is 55.0 Å². The summed E-state index contributed by atoms with van der Waals surface area (Å²) in [5.41, 5.74) is 2.46. The van der Waals surface area contributed by atoms with E-state index in [0.29, 0.717) is 43.5 Å². The number of carbonyl (C=O) groups is 1. The van der Waals surface area contributed by atoms with Crippen molar-refractivity contribution in [2.75, 3.05) is 6.61 Å². The molecule has 2 aromatic carbocycles. The molecule has 0 aliphatic carbocycles. The summed E-state index contributed by atoms with van der Waals surface area (Å²) in [7, 11) is 0. The van der Waals surface area contributed by atoms with Crippen LogP contribution in [0.3, 0.4) is 0 Å². The number of esters is 1. The Bertz CT molecular complexity index is 1170. The Kier molecular flexibility index (Phi) is 6.32. The van der Waals surface area contributed by atoms with E-state index in [9.17, 15) is 4.79 Å². The Morgan fingerprint density at radius 3 is 2.61 bits per heavy atom. The Morgan fingerprint density at radius 2 is 1.90 bits per heavy atom. The van der Waals surface area contributed by atoms with Crippen LogP contribution >= 0.6 is 35.4 Å². The van der Waals surface area contributed by atoms with E-state index in [0.717, 1.165) is 5.56 Å². The molecule has 0 saturated heterocycles. The molecule has 3 aromatic rings. The highest BCUT2D eigenvalue weighted by Crippen LogP contribution is 2.37. The van der Waals surface area contributed by atoms with Crippen LogP contribution in [0.5, 0.6) is 0 Å². The van der Waals surface area contributed by atoms with E-state index in [4.69, 9.17) is 44.6 Å². The number of nitrogens with one attached hydrogen (secondary N) is 2. The molecular weight excluding hydrogens is 455 g/mol. The third-order valence-corrected chi connectivity index (χ3v) is 5.51. The van der Waals surface area contributed by atoms with Crippen molar-refractivity contribution < 1.29 is 13.9 Å². The van der Waals surface area contributed by atoms with Crippen LogP contribution in [0, 0.1) is 0 Å². The predicted octanol–water partition coefficient (Wildman–Crippen LogP) is 5.75. The van der Waals surface area contributed by atoms with Gasteiger partial charge in [0.2, 0.25) is 0 Å². The molecule has 1 aliphatic heterocycles. The maximum Gasteiger partial charge on any atom is 0.338 e. The van der Waals surface area contributed by atoms with E-state index in [2.05, 4.69) is 10.6 Å². The highest BCUT2D eigenvalue weighted by atomic mass is 35.5. The van der Waals surface area contributed by atoms with Crippen molar-refractivity contribution in [3.8, 4) is 11.3 Å².